The maximum Gasteiger partial charge on any atom is 0.238 e. The van der Waals surface area contributed by atoms with Gasteiger partial charge in [-0.05, 0) is 49.6 Å². The number of rotatable bonds is 6. The number of aryl methyl sites for hydroxylation is 2. The van der Waals surface area contributed by atoms with Gasteiger partial charge >= 0.3 is 0 Å². The number of imidazole rings is 1. The lowest BCUT2D eigenvalue weighted by Crippen LogP contribution is -2.18. The molecule has 0 aliphatic carbocycles. The highest BCUT2D eigenvalue weighted by molar-refractivity contribution is 7.90. The van der Waals surface area contributed by atoms with E-state index in [9.17, 15) is 8.42 Å². The van der Waals surface area contributed by atoms with Crippen LogP contribution in [0.25, 0.3) is 17.2 Å². The molecule has 0 bridgehead atoms. The first-order valence-corrected chi connectivity index (χ1v) is 13.1. The second kappa shape index (κ2) is 8.81. The van der Waals surface area contributed by atoms with Crippen LogP contribution in [0.2, 0.25) is 0 Å². The van der Waals surface area contributed by atoms with Gasteiger partial charge in [-0.2, -0.15) is 0 Å². The molecule has 0 saturated carbocycles. The fourth-order valence-corrected chi connectivity index (χ4v) is 5.30. The van der Waals surface area contributed by atoms with Crippen LogP contribution in [0.4, 0.5) is 0 Å². The lowest BCUT2D eigenvalue weighted by molar-refractivity contribution is 0.396. The predicted octanol–water partition coefficient (Wildman–Crippen LogP) is 3.18. The van der Waals surface area contributed by atoms with Crippen LogP contribution in [0.1, 0.15) is 35.8 Å². The van der Waals surface area contributed by atoms with Gasteiger partial charge in [0.05, 0.1) is 26.2 Å². The molecular weight excluding hydrogens is 468 g/mol. The van der Waals surface area contributed by atoms with Crippen LogP contribution in [-0.2, 0) is 16.4 Å². The molecule has 1 unspecified atom stereocenters. The Bertz CT molecular complexity index is 1510. The van der Waals surface area contributed by atoms with Crippen LogP contribution in [0.3, 0.4) is 0 Å². The summed E-state index contributed by atoms with van der Waals surface area (Å²) >= 11 is 0. The molecule has 1 aliphatic heterocycles. The lowest BCUT2D eigenvalue weighted by atomic mass is 9.91. The number of pyridine rings is 1. The molecule has 5 rings (SSSR count). The number of benzene rings is 1. The van der Waals surface area contributed by atoms with Gasteiger partial charge in [0.25, 0.3) is 0 Å². The predicted molar refractivity (Wildman–Crippen MR) is 129 cm³/mol. The van der Waals surface area contributed by atoms with E-state index in [-0.39, 0.29) is 10.8 Å². The third-order valence-electron chi connectivity index (χ3n) is 6.12. The number of ether oxygens (including phenoxy) is 2. The zero-order chi connectivity index (χ0) is 24.7. The van der Waals surface area contributed by atoms with Crippen molar-refractivity contribution in [3.05, 3.63) is 59.9 Å². The Labute approximate surface area is 203 Å². The van der Waals surface area contributed by atoms with Crippen LogP contribution in [0.5, 0.6) is 11.6 Å². The van der Waals surface area contributed by atoms with Crippen LogP contribution in [0.15, 0.2) is 47.8 Å². The zero-order valence-corrected chi connectivity index (χ0v) is 20.8. The van der Waals surface area contributed by atoms with Gasteiger partial charge in [-0.1, -0.05) is 6.07 Å². The molecule has 0 saturated heterocycles. The van der Waals surface area contributed by atoms with Crippen molar-refractivity contribution in [2.45, 2.75) is 37.1 Å². The van der Waals surface area contributed by atoms with Crippen LogP contribution in [-0.4, -0.2) is 58.2 Å². The molecule has 1 aromatic carbocycles. The average molecular weight is 495 g/mol. The minimum Gasteiger partial charge on any atom is -0.495 e. The van der Waals surface area contributed by atoms with E-state index in [4.69, 9.17) is 19.6 Å². The van der Waals surface area contributed by atoms with E-state index in [1.807, 2.05) is 40.6 Å². The molecule has 1 atom stereocenters. The smallest absolute Gasteiger partial charge is 0.238 e. The fourth-order valence-electron chi connectivity index (χ4n) is 4.43. The van der Waals surface area contributed by atoms with Crippen LogP contribution < -0.4 is 9.47 Å². The van der Waals surface area contributed by atoms with E-state index in [2.05, 4.69) is 9.97 Å². The highest BCUT2D eigenvalue weighted by Crippen LogP contribution is 2.36. The fraction of sp³-hybridized carbons (Fsp3) is 0.333. The van der Waals surface area contributed by atoms with Crippen molar-refractivity contribution >= 4 is 9.84 Å². The molecule has 0 spiro atoms. The van der Waals surface area contributed by atoms with Crippen LogP contribution >= 0.6 is 0 Å². The summed E-state index contributed by atoms with van der Waals surface area (Å²) in [6.07, 6.45) is 6.53. The molecule has 10 nitrogen and oxygen atoms in total. The Kier molecular flexibility index (Phi) is 5.79. The Morgan fingerprint density at radius 2 is 1.91 bits per heavy atom. The van der Waals surface area contributed by atoms with Gasteiger partial charge < -0.3 is 14.0 Å². The molecule has 0 N–H and O–H groups in total. The molecule has 1 aliphatic rings. The Balaban J connectivity index is 1.53. The molecule has 0 amide bonds. The SMILES string of the molecule is COc1ccc(C2CCCn3nc(-c4ccc(-n5cnc(C)c5)c(OC)n4)nc32)cc1S(C)(=O)=O. The van der Waals surface area contributed by atoms with E-state index < -0.39 is 9.84 Å². The second-order valence-electron chi connectivity index (χ2n) is 8.54. The van der Waals surface area contributed by atoms with E-state index >= 15 is 0 Å². The minimum atomic E-state index is -3.45. The number of sulfone groups is 1. The van der Waals surface area contributed by atoms with Gasteiger partial charge in [0.2, 0.25) is 5.88 Å². The average Bonchev–Trinajstić information content (AvgIpc) is 3.49. The molecule has 11 heteroatoms. The van der Waals surface area contributed by atoms with Crippen molar-refractivity contribution in [2.24, 2.45) is 0 Å². The number of hydrogen-bond acceptors (Lipinski definition) is 8. The van der Waals surface area contributed by atoms with Gasteiger partial charge in [-0.3, -0.25) is 0 Å². The summed E-state index contributed by atoms with van der Waals surface area (Å²) in [5.74, 6) is 1.96. The Hall–Kier alpha value is -3.73. The monoisotopic (exact) mass is 494 g/mol. The third-order valence-corrected chi connectivity index (χ3v) is 7.23. The second-order valence-corrected chi connectivity index (χ2v) is 10.5. The zero-order valence-electron chi connectivity index (χ0n) is 20.0. The summed E-state index contributed by atoms with van der Waals surface area (Å²) in [5.41, 5.74) is 3.12. The van der Waals surface area contributed by atoms with Gasteiger partial charge in [-0.15, -0.1) is 5.10 Å². The maximum atomic E-state index is 12.3. The van der Waals surface area contributed by atoms with E-state index in [1.165, 1.54) is 13.4 Å². The summed E-state index contributed by atoms with van der Waals surface area (Å²) in [6.45, 7) is 2.65. The van der Waals surface area contributed by atoms with E-state index in [0.717, 1.165) is 42.2 Å². The molecular formula is C24H26N6O4S. The number of methoxy groups -OCH3 is 2. The molecule has 0 fully saturated rings. The largest absolute Gasteiger partial charge is 0.495 e. The van der Waals surface area contributed by atoms with Crippen molar-refractivity contribution in [1.29, 1.82) is 0 Å². The van der Waals surface area contributed by atoms with Crippen molar-refractivity contribution in [3.63, 3.8) is 0 Å². The summed E-state index contributed by atoms with van der Waals surface area (Å²) in [5, 5.41) is 4.71. The highest BCUT2D eigenvalue weighted by Gasteiger charge is 2.28. The molecule has 35 heavy (non-hydrogen) atoms. The first-order valence-electron chi connectivity index (χ1n) is 11.2. The quantitative estimate of drug-likeness (QED) is 0.402. The highest BCUT2D eigenvalue weighted by atomic mass is 32.2. The number of fused-ring (bicyclic) bond motifs is 1. The maximum absolute atomic E-state index is 12.3. The van der Waals surface area contributed by atoms with Gasteiger partial charge in [0, 0.05) is 24.9 Å². The topological polar surface area (TPSA) is 114 Å². The molecule has 0 radical (unpaired) electrons. The summed E-state index contributed by atoms with van der Waals surface area (Å²) in [4.78, 5) is 13.9. The van der Waals surface area contributed by atoms with Crippen molar-refractivity contribution in [3.8, 4) is 28.8 Å². The van der Waals surface area contributed by atoms with E-state index in [1.54, 1.807) is 25.6 Å². The molecule has 3 aromatic heterocycles. The standard InChI is InChI=1S/C24H26N6O4S/c1-15-13-29(14-25-15)19-9-8-18(26-24(19)34-3)22-27-23-17(6-5-11-30(23)28-22)16-7-10-20(33-2)21(12-16)35(4,31)32/h7-10,12-14,17H,5-6,11H2,1-4H3. The minimum absolute atomic E-state index is 0.0912. The van der Waals surface area contributed by atoms with Gasteiger partial charge in [0.15, 0.2) is 15.7 Å². The molecule has 182 valence electrons. The molecule has 4 heterocycles. The van der Waals surface area contributed by atoms with Gasteiger partial charge in [0.1, 0.15) is 27.9 Å². The normalized spacial score (nSPS) is 15.6. The number of hydrogen-bond donors (Lipinski definition) is 0. The molecule has 4 aromatic rings. The first-order chi connectivity index (χ1) is 16.8. The summed E-state index contributed by atoms with van der Waals surface area (Å²) in [7, 11) is -0.414. The van der Waals surface area contributed by atoms with Gasteiger partial charge in [-0.25, -0.2) is 28.1 Å². The Morgan fingerprint density at radius 1 is 1.09 bits per heavy atom. The first kappa shape index (κ1) is 23.0. The van der Waals surface area contributed by atoms with Crippen molar-refractivity contribution < 1.29 is 17.9 Å². The lowest BCUT2D eigenvalue weighted by Gasteiger charge is -2.23. The van der Waals surface area contributed by atoms with Crippen molar-refractivity contribution in [1.82, 2.24) is 29.3 Å². The Morgan fingerprint density at radius 3 is 2.60 bits per heavy atom. The number of nitrogens with zero attached hydrogens (tertiary/aromatic N) is 6. The van der Waals surface area contributed by atoms with E-state index in [0.29, 0.717) is 23.1 Å². The third kappa shape index (κ3) is 4.27. The number of aromatic nitrogens is 6. The summed E-state index contributed by atoms with van der Waals surface area (Å²) < 4.78 is 39.2. The van der Waals surface area contributed by atoms with Crippen molar-refractivity contribution in [2.75, 3.05) is 20.5 Å². The van der Waals surface area contributed by atoms with Crippen LogP contribution in [0, 0.1) is 6.92 Å². The summed E-state index contributed by atoms with van der Waals surface area (Å²) in [6, 6.07) is 9.04.